The summed E-state index contributed by atoms with van der Waals surface area (Å²) < 4.78 is 1.60. The Morgan fingerprint density at radius 1 is 1.36 bits per heavy atom. The Hall–Kier alpha value is 0.120. The van der Waals surface area contributed by atoms with Crippen LogP contribution in [0, 0.1) is 0 Å². The van der Waals surface area contributed by atoms with Crippen LogP contribution in [-0.2, 0) is 0 Å². The zero-order valence-corrected chi connectivity index (χ0v) is 11.5. The molecule has 76 valence electrons. The van der Waals surface area contributed by atoms with Crippen molar-refractivity contribution < 1.29 is 0 Å². The lowest BCUT2D eigenvalue weighted by molar-refractivity contribution is 1.04. The molecule has 0 amide bonds. The number of halogens is 3. The molecular weight excluding hydrogens is 353 g/mol. The van der Waals surface area contributed by atoms with Gasteiger partial charge in [-0.3, -0.25) is 0 Å². The third kappa shape index (κ3) is 3.06. The second kappa shape index (κ2) is 5.27. The predicted molar refractivity (Wildman–Crippen MR) is 70.4 cm³/mol. The van der Waals surface area contributed by atoms with Crippen molar-refractivity contribution in [2.75, 3.05) is 5.32 Å². The van der Waals surface area contributed by atoms with Gasteiger partial charge in [-0.1, -0.05) is 11.6 Å². The van der Waals surface area contributed by atoms with Crippen molar-refractivity contribution in [1.29, 1.82) is 0 Å². The number of hydrogen-bond donors (Lipinski definition) is 3. The molecule has 0 aliphatic rings. The van der Waals surface area contributed by atoms with E-state index in [1.165, 1.54) is 0 Å². The molecule has 14 heavy (non-hydrogen) atoms. The van der Waals surface area contributed by atoms with Crippen LogP contribution in [0.2, 0.25) is 5.02 Å². The van der Waals surface area contributed by atoms with E-state index in [0.29, 0.717) is 10.1 Å². The van der Waals surface area contributed by atoms with Crippen LogP contribution in [0.4, 0.5) is 5.69 Å². The maximum Gasteiger partial charge on any atom is 0.185 e. The Kier molecular flexibility index (Phi) is 4.59. The summed E-state index contributed by atoms with van der Waals surface area (Å²) in [5, 5.41) is 3.85. The summed E-state index contributed by atoms with van der Waals surface area (Å²) in [6, 6.07) is 3.52. The Morgan fingerprint density at radius 2 is 1.86 bits per heavy atom. The number of nitrogens with one attached hydrogen (secondary N) is 2. The highest BCUT2D eigenvalue weighted by molar-refractivity contribution is 9.11. The van der Waals surface area contributed by atoms with Crippen LogP contribution < -0.4 is 16.6 Å². The first-order valence-corrected chi connectivity index (χ1v) is 5.84. The molecule has 7 heteroatoms. The van der Waals surface area contributed by atoms with Crippen LogP contribution in [0.25, 0.3) is 0 Å². The van der Waals surface area contributed by atoms with Gasteiger partial charge in [0.2, 0.25) is 0 Å². The summed E-state index contributed by atoms with van der Waals surface area (Å²) in [6.45, 7) is 0. The van der Waals surface area contributed by atoms with Gasteiger partial charge < -0.3 is 10.7 Å². The molecule has 0 saturated heterocycles. The topological polar surface area (TPSA) is 50.1 Å². The molecule has 0 bridgehead atoms. The average Bonchev–Trinajstić information content (AvgIpc) is 2.10. The van der Waals surface area contributed by atoms with Gasteiger partial charge in [0, 0.05) is 14.0 Å². The van der Waals surface area contributed by atoms with Crippen molar-refractivity contribution in [2.24, 2.45) is 5.84 Å². The highest BCUT2D eigenvalue weighted by Gasteiger charge is 2.07. The van der Waals surface area contributed by atoms with Crippen molar-refractivity contribution >= 4 is 66.5 Å². The van der Waals surface area contributed by atoms with Crippen molar-refractivity contribution in [3.05, 3.63) is 26.1 Å². The molecule has 0 fully saturated rings. The number of rotatable bonds is 1. The Bertz CT molecular complexity index is 349. The van der Waals surface area contributed by atoms with E-state index < -0.39 is 0 Å². The molecule has 1 aromatic rings. The van der Waals surface area contributed by atoms with Crippen LogP contribution in [0.5, 0.6) is 0 Å². The van der Waals surface area contributed by atoms with Crippen LogP contribution >= 0.6 is 55.7 Å². The summed E-state index contributed by atoms with van der Waals surface area (Å²) >= 11 is 17.4. The number of thiocarbonyl (C=S) groups is 1. The second-order valence-electron chi connectivity index (χ2n) is 2.34. The van der Waals surface area contributed by atoms with E-state index >= 15 is 0 Å². The molecule has 0 aromatic heterocycles. The Balaban J connectivity index is 3.02. The largest absolute Gasteiger partial charge is 0.330 e. The van der Waals surface area contributed by atoms with E-state index in [9.17, 15) is 0 Å². The van der Waals surface area contributed by atoms with Gasteiger partial charge in [0.25, 0.3) is 0 Å². The molecule has 0 aliphatic heterocycles. The maximum absolute atomic E-state index is 5.83. The van der Waals surface area contributed by atoms with Gasteiger partial charge in [-0.2, -0.15) is 0 Å². The monoisotopic (exact) mass is 357 g/mol. The van der Waals surface area contributed by atoms with Crippen molar-refractivity contribution in [1.82, 2.24) is 5.43 Å². The predicted octanol–water partition coefficient (Wildman–Crippen LogP) is 3.03. The first-order valence-electron chi connectivity index (χ1n) is 3.46. The third-order valence-corrected chi connectivity index (χ3v) is 3.07. The van der Waals surface area contributed by atoms with Crippen molar-refractivity contribution in [3.63, 3.8) is 0 Å². The zero-order chi connectivity index (χ0) is 10.7. The van der Waals surface area contributed by atoms with E-state index in [2.05, 4.69) is 42.6 Å². The fourth-order valence-corrected chi connectivity index (χ4v) is 2.78. The fourth-order valence-electron chi connectivity index (χ4n) is 0.811. The first-order chi connectivity index (χ1) is 6.54. The van der Waals surface area contributed by atoms with Gasteiger partial charge in [-0.25, -0.2) is 5.84 Å². The van der Waals surface area contributed by atoms with Gasteiger partial charge in [-0.15, -0.1) is 0 Å². The van der Waals surface area contributed by atoms with Crippen LogP contribution in [0.3, 0.4) is 0 Å². The number of hydrogen-bond acceptors (Lipinski definition) is 2. The molecule has 0 spiro atoms. The minimum Gasteiger partial charge on any atom is -0.330 e. The highest BCUT2D eigenvalue weighted by atomic mass is 79.9. The fraction of sp³-hybridized carbons (Fsp3) is 0. The van der Waals surface area contributed by atoms with Gasteiger partial charge in [-0.05, 0) is 56.2 Å². The third-order valence-electron chi connectivity index (χ3n) is 1.38. The van der Waals surface area contributed by atoms with Crippen LogP contribution in [-0.4, -0.2) is 5.11 Å². The number of hydrazine groups is 1. The second-order valence-corrected chi connectivity index (χ2v) is 4.90. The summed E-state index contributed by atoms with van der Waals surface area (Å²) in [7, 11) is 0. The van der Waals surface area contributed by atoms with Gasteiger partial charge >= 0.3 is 0 Å². The summed E-state index contributed by atoms with van der Waals surface area (Å²) in [4.78, 5) is 0. The maximum atomic E-state index is 5.83. The minimum atomic E-state index is 0.328. The first kappa shape index (κ1) is 12.2. The van der Waals surface area contributed by atoms with Crippen LogP contribution in [0.1, 0.15) is 0 Å². The molecule has 4 N–H and O–H groups in total. The average molecular weight is 359 g/mol. The standard InChI is InChI=1S/C7H6Br2ClN3S/c8-4-1-3(10)2-5(9)6(4)12-7(14)13-11/h1-2H,11H2,(H2,12,13,14). The number of nitrogens with two attached hydrogens (primary N) is 1. The molecule has 1 aromatic carbocycles. The molecule has 3 nitrogen and oxygen atoms in total. The van der Waals surface area contributed by atoms with E-state index in [-0.39, 0.29) is 0 Å². The number of anilines is 1. The van der Waals surface area contributed by atoms with Crippen molar-refractivity contribution in [3.8, 4) is 0 Å². The van der Waals surface area contributed by atoms with Crippen molar-refractivity contribution in [2.45, 2.75) is 0 Å². The molecule has 0 saturated carbocycles. The lowest BCUT2D eigenvalue weighted by Gasteiger charge is -2.11. The molecule has 0 unspecified atom stereocenters. The zero-order valence-electron chi connectivity index (χ0n) is 6.77. The van der Waals surface area contributed by atoms with Gasteiger partial charge in [0.15, 0.2) is 5.11 Å². The lowest BCUT2D eigenvalue weighted by Crippen LogP contribution is -2.34. The SMILES string of the molecule is NNC(=S)Nc1c(Br)cc(Cl)cc1Br. The van der Waals surface area contributed by atoms with E-state index in [1.807, 2.05) is 0 Å². The summed E-state index contributed by atoms with van der Waals surface area (Å²) in [6.07, 6.45) is 0. The highest BCUT2D eigenvalue weighted by Crippen LogP contribution is 2.33. The van der Waals surface area contributed by atoms with Gasteiger partial charge in [0.05, 0.1) is 5.69 Å². The molecule has 0 heterocycles. The van der Waals surface area contributed by atoms with E-state index in [0.717, 1.165) is 14.6 Å². The van der Waals surface area contributed by atoms with Crippen LogP contribution in [0.15, 0.2) is 21.1 Å². The lowest BCUT2D eigenvalue weighted by atomic mass is 10.3. The smallest absolute Gasteiger partial charge is 0.185 e. The quantitative estimate of drug-likeness (QED) is 0.410. The van der Waals surface area contributed by atoms with Gasteiger partial charge in [0.1, 0.15) is 0 Å². The Morgan fingerprint density at radius 3 is 2.29 bits per heavy atom. The molecule has 0 aliphatic carbocycles. The molecule has 0 radical (unpaired) electrons. The van der Waals surface area contributed by atoms with E-state index in [4.69, 9.17) is 29.7 Å². The summed E-state index contributed by atoms with van der Waals surface area (Å²) in [5.41, 5.74) is 3.10. The molecule has 0 atom stereocenters. The van der Waals surface area contributed by atoms with E-state index in [1.54, 1.807) is 12.1 Å². The molecule has 1 rings (SSSR count). The normalized spacial score (nSPS) is 9.71. The Labute approximate surface area is 109 Å². The summed E-state index contributed by atoms with van der Waals surface area (Å²) in [5.74, 6) is 5.14. The number of benzene rings is 1. The minimum absolute atomic E-state index is 0.328. The molecular formula is C7H6Br2ClN3S.